The second kappa shape index (κ2) is 24.6. The van der Waals surface area contributed by atoms with Crippen LogP contribution >= 0.6 is 0 Å². The van der Waals surface area contributed by atoms with Gasteiger partial charge in [0.1, 0.15) is 0 Å². The minimum absolute atomic E-state index is 0. The van der Waals surface area contributed by atoms with Gasteiger partial charge in [0, 0.05) is 119 Å². The molecule has 0 N–H and O–H groups in total. The van der Waals surface area contributed by atoms with Crippen molar-refractivity contribution >= 4 is 51.7 Å². The minimum atomic E-state index is 0. The molecule has 0 saturated carbocycles. The maximum atomic E-state index is 0. The van der Waals surface area contributed by atoms with Crippen molar-refractivity contribution in [1.82, 2.24) is 0 Å². The quantitative estimate of drug-likeness (QED) is 0.283. The molecular formula is Au3In2. The molecule has 0 amide bonds. The molecule has 0 aliphatic heterocycles. The van der Waals surface area contributed by atoms with Crippen molar-refractivity contribution in [2.45, 2.75) is 0 Å². The van der Waals surface area contributed by atoms with Crippen molar-refractivity contribution in [3.8, 4) is 0 Å². The van der Waals surface area contributed by atoms with E-state index in [1.54, 1.807) is 0 Å². The first-order valence-electron chi connectivity index (χ1n) is 0. The van der Waals surface area contributed by atoms with E-state index in [-0.39, 0.29) is 119 Å². The van der Waals surface area contributed by atoms with Gasteiger partial charge in [0.25, 0.3) is 0 Å². The molecule has 0 heterocycles. The van der Waals surface area contributed by atoms with Gasteiger partial charge in [0.2, 0.25) is 0 Å². The molecule has 0 unspecified atom stereocenters. The van der Waals surface area contributed by atoms with Crippen molar-refractivity contribution in [2.75, 3.05) is 0 Å². The summed E-state index contributed by atoms with van der Waals surface area (Å²) in [6, 6.07) is 0. The molecule has 5 heteroatoms. The Bertz CT molecular complexity index is 4.85. The molecule has 0 nitrogen and oxygen atoms in total. The second-order valence-electron chi connectivity index (χ2n) is 0. The predicted molar refractivity (Wildman–Crippen MR) is 11.5 cm³/mol. The molecule has 0 spiro atoms. The molecule has 0 aliphatic carbocycles. The summed E-state index contributed by atoms with van der Waals surface area (Å²) in [5.41, 5.74) is 0. The molecule has 0 rings (SSSR count). The zero-order valence-electron chi connectivity index (χ0n) is 2.06. The third-order valence-electron chi connectivity index (χ3n) is 0. The molecule has 0 saturated heterocycles. The monoisotopic (exact) mass is 821 g/mol. The van der Waals surface area contributed by atoms with E-state index in [0.717, 1.165) is 0 Å². The van der Waals surface area contributed by atoms with E-state index in [9.17, 15) is 0 Å². The molecular weight excluding hydrogens is 821 g/mol. The van der Waals surface area contributed by atoms with Gasteiger partial charge in [-0.1, -0.05) is 0 Å². The van der Waals surface area contributed by atoms with Gasteiger partial charge in [0.15, 0.2) is 0 Å². The summed E-state index contributed by atoms with van der Waals surface area (Å²) in [6.07, 6.45) is 0. The van der Waals surface area contributed by atoms with E-state index >= 15 is 0 Å². The maximum absolute atomic E-state index is 0. The zero-order chi connectivity index (χ0) is 0. The van der Waals surface area contributed by atoms with E-state index in [0.29, 0.717) is 0 Å². The van der Waals surface area contributed by atoms with Gasteiger partial charge in [-0.2, -0.15) is 0 Å². The van der Waals surface area contributed by atoms with Gasteiger partial charge >= 0.3 is 0 Å². The molecule has 0 atom stereocenters. The van der Waals surface area contributed by atoms with Crippen molar-refractivity contribution in [2.24, 2.45) is 0 Å². The first-order valence-corrected chi connectivity index (χ1v) is 0. The summed E-state index contributed by atoms with van der Waals surface area (Å²) in [5.74, 6) is 0. The number of hydrogen-bond acceptors (Lipinski definition) is 0. The van der Waals surface area contributed by atoms with Crippen LogP contribution in [0, 0.1) is 0 Å². The van der Waals surface area contributed by atoms with E-state index < -0.39 is 0 Å². The molecule has 0 aliphatic rings. The molecule has 0 aromatic rings. The van der Waals surface area contributed by atoms with E-state index in [1.165, 1.54) is 0 Å². The SMILES string of the molecule is [Au].[Au].[Au].[In].[In]. The van der Waals surface area contributed by atoms with Gasteiger partial charge in [0.05, 0.1) is 0 Å². The van der Waals surface area contributed by atoms with Crippen LogP contribution in [0.2, 0.25) is 0 Å². The molecule has 0 bridgehead atoms. The first kappa shape index (κ1) is 36.2. The Kier molecular flexibility index (Phi) is 178. The smallest absolute Gasteiger partial charge is 0 e. The molecule has 5 heavy (non-hydrogen) atoms. The third kappa shape index (κ3) is 18.0. The number of rotatable bonds is 0. The normalized spacial score (nSPS) is 0. The average Bonchev–Trinajstić information content (AvgIpc) is 0. The van der Waals surface area contributed by atoms with Gasteiger partial charge in [-0.25, -0.2) is 0 Å². The van der Waals surface area contributed by atoms with Gasteiger partial charge in [-0.15, -0.1) is 0 Å². The Labute approximate surface area is 116 Å². The number of hydrogen-bond donors (Lipinski definition) is 0. The average molecular weight is 821 g/mol. The van der Waals surface area contributed by atoms with Gasteiger partial charge in [-0.3, -0.25) is 0 Å². The van der Waals surface area contributed by atoms with Crippen LogP contribution in [0.25, 0.3) is 0 Å². The Morgan fingerprint density at radius 1 is 0.400 bits per heavy atom. The van der Waals surface area contributed by atoms with Crippen molar-refractivity contribution in [1.29, 1.82) is 0 Å². The summed E-state index contributed by atoms with van der Waals surface area (Å²) in [5, 5.41) is 0. The third-order valence-corrected chi connectivity index (χ3v) is 0. The van der Waals surface area contributed by atoms with Crippen LogP contribution < -0.4 is 0 Å². The first-order chi connectivity index (χ1) is 0. The molecule has 0 aromatic carbocycles. The summed E-state index contributed by atoms with van der Waals surface area (Å²) >= 11 is 0. The van der Waals surface area contributed by atoms with Crippen LogP contribution in [-0.2, 0) is 67.1 Å². The van der Waals surface area contributed by atoms with Crippen LogP contribution in [0.5, 0.6) is 0 Å². The molecule has 0 fully saturated rings. The topological polar surface area (TPSA) is 0 Å². The summed E-state index contributed by atoms with van der Waals surface area (Å²) in [4.78, 5) is 0. The van der Waals surface area contributed by atoms with Crippen LogP contribution in [0.15, 0.2) is 0 Å². The fourth-order valence-corrected chi connectivity index (χ4v) is 0. The second-order valence-corrected chi connectivity index (χ2v) is 0. The Morgan fingerprint density at radius 2 is 0.400 bits per heavy atom. The minimum Gasteiger partial charge on any atom is 0 e. The van der Waals surface area contributed by atoms with E-state index in [4.69, 9.17) is 0 Å². The van der Waals surface area contributed by atoms with Crippen LogP contribution in [0.4, 0.5) is 0 Å². The largest absolute Gasteiger partial charge is 0 e. The van der Waals surface area contributed by atoms with E-state index in [1.807, 2.05) is 0 Å². The van der Waals surface area contributed by atoms with Crippen LogP contribution in [0.1, 0.15) is 0 Å². The fourth-order valence-electron chi connectivity index (χ4n) is 0. The van der Waals surface area contributed by atoms with Crippen molar-refractivity contribution in [3.63, 3.8) is 0 Å². The standard InChI is InChI=1S/3Au.2In. The maximum Gasteiger partial charge on any atom is 0 e. The van der Waals surface area contributed by atoms with Crippen molar-refractivity contribution in [3.05, 3.63) is 0 Å². The molecule has 9 radical (unpaired) electrons. The zero-order valence-corrected chi connectivity index (χ0v) is 15.1. The summed E-state index contributed by atoms with van der Waals surface area (Å²) in [7, 11) is 0. The molecule has 39 valence electrons. The van der Waals surface area contributed by atoms with Crippen molar-refractivity contribution < 1.29 is 67.1 Å². The van der Waals surface area contributed by atoms with Gasteiger partial charge < -0.3 is 0 Å². The fraction of sp³-hybridized carbons (Fsp3) is 0. The summed E-state index contributed by atoms with van der Waals surface area (Å²) < 4.78 is 0. The van der Waals surface area contributed by atoms with Crippen LogP contribution in [0.3, 0.4) is 0 Å². The summed E-state index contributed by atoms with van der Waals surface area (Å²) in [6.45, 7) is 0. The molecule has 0 aromatic heterocycles. The Morgan fingerprint density at radius 3 is 0.400 bits per heavy atom. The predicted octanol–water partition coefficient (Wildman–Crippen LogP) is -0.769. The van der Waals surface area contributed by atoms with Gasteiger partial charge in [-0.05, 0) is 0 Å². The van der Waals surface area contributed by atoms with E-state index in [2.05, 4.69) is 0 Å². The Hall–Kier alpha value is 3.96. The van der Waals surface area contributed by atoms with Crippen LogP contribution in [-0.4, -0.2) is 51.7 Å². The Balaban J connectivity index is 0.